The van der Waals surface area contributed by atoms with Crippen molar-refractivity contribution in [3.8, 4) is 0 Å². The highest BCUT2D eigenvalue weighted by Gasteiger charge is 2.54. The summed E-state index contributed by atoms with van der Waals surface area (Å²) in [6.45, 7) is 2.35. The van der Waals surface area contributed by atoms with Gasteiger partial charge in [0.1, 0.15) is 0 Å². The smallest absolute Gasteiger partial charge is 0.0596 e. The SMILES string of the molecule is C[C@]12CC[C@@H]3C4=C(CC[C@H]3[C@@H]1CC[C@@H]2O)CC(O)CC4. The molecule has 0 saturated heterocycles. The van der Waals surface area contributed by atoms with Crippen molar-refractivity contribution in [2.45, 2.75) is 76.9 Å². The van der Waals surface area contributed by atoms with Gasteiger partial charge < -0.3 is 10.2 Å². The molecule has 112 valence electrons. The molecule has 4 rings (SSSR count). The second-order valence-corrected chi connectivity index (χ2v) is 8.08. The van der Waals surface area contributed by atoms with Gasteiger partial charge in [-0.05, 0) is 81.0 Å². The molecule has 0 aromatic carbocycles. The Balaban J connectivity index is 1.64. The molecule has 6 atom stereocenters. The summed E-state index contributed by atoms with van der Waals surface area (Å²) in [5.41, 5.74) is 3.54. The minimum Gasteiger partial charge on any atom is -0.393 e. The summed E-state index contributed by atoms with van der Waals surface area (Å²) in [6, 6.07) is 0. The minimum atomic E-state index is -0.0764. The predicted octanol–water partition coefficient (Wildman–Crippen LogP) is 3.43. The van der Waals surface area contributed by atoms with E-state index in [0.29, 0.717) is 0 Å². The van der Waals surface area contributed by atoms with E-state index in [0.717, 1.165) is 43.4 Å². The molecule has 1 unspecified atom stereocenters. The van der Waals surface area contributed by atoms with Crippen LogP contribution >= 0.6 is 0 Å². The van der Waals surface area contributed by atoms with E-state index in [-0.39, 0.29) is 17.6 Å². The van der Waals surface area contributed by atoms with Crippen LogP contribution in [0, 0.1) is 23.2 Å². The van der Waals surface area contributed by atoms with Crippen LogP contribution in [0.3, 0.4) is 0 Å². The zero-order valence-electron chi connectivity index (χ0n) is 12.6. The van der Waals surface area contributed by atoms with Gasteiger partial charge in [-0.2, -0.15) is 0 Å². The molecule has 0 aromatic rings. The molecule has 2 heteroatoms. The minimum absolute atomic E-state index is 0.0583. The van der Waals surface area contributed by atoms with Gasteiger partial charge in [-0.15, -0.1) is 0 Å². The lowest BCUT2D eigenvalue weighted by Gasteiger charge is -2.51. The molecule has 0 bridgehead atoms. The Kier molecular flexibility index (Phi) is 3.05. The van der Waals surface area contributed by atoms with E-state index < -0.39 is 0 Å². The van der Waals surface area contributed by atoms with Crippen LogP contribution in [0.15, 0.2) is 11.1 Å². The van der Waals surface area contributed by atoms with Crippen LogP contribution in [-0.2, 0) is 0 Å². The largest absolute Gasteiger partial charge is 0.393 e. The van der Waals surface area contributed by atoms with Crippen molar-refractivity contribution < 1.29 is 10.2 Å². The summed E-state index contributed by atoms with van der Waals surface area (Å²) in [4.78, 5) is 0. The van der Waals surface area contributed by atoms with Crippen LogP contribution < -0.4 is 0 Å². The molecule has 2 N–H and O–H groups in total. The second-order valence-electron chi connectivity index (χ2n) is 8.08. The maximum atomic E-state index is 10.4. The first-order chi connectivity index (χ1) is 9.59. The maximum Gasteiger partial charge on any atom is 0.0596 e. The molecule has 2 fully saturated rings. The third-order valence-electron chi connectivity index (χ3n) is 7.30. The van der Waals surface area contributed by atoms with E-state index in [2.05, 4.69) is 6.92 Å². The molecule has 0 aromatic heterocycles. The third-order valence-corrected chi connectivity index (χ3v) is 7.30. The van der Waals surface area contributed by atoms with Gasteiger partial charge in [0.05, 0.1) is 12.2 Å². The van der Waals surface area contributed by atoms with E-state index in [9.17, 15) is 10.2 Å². The lowest BCUT2D eigenvalue weighted by Crippen LogP contribution is -2.45. The van der Waals surface area contributed by atoms with Gasteiger partial charge in [0.2, 0.25) is 0 Å². The topological polar surface area (TPSA) is 40.5 Å². The van der Waals surface area contributed by atoms with Gasteiger partial charge in [-0.1, -0.05) is 18.1 Å². The molecular weight excluding hydrogens is 248 g/mol. The van der Waals surface area contributed by atoms with E-state index in [4.69, 9.17) is 0 Å². The number of fused-ring (bicyclic) bond motifs is 4. The fourth-order valence-corrected chi connectivity index (χ4v) is 6.16. The van der Waals surface area contributed by atoms with Crippen LogP contribution in [0.2, 0.25) is 0 Å². The van der Waals surface area contributed by atoms with Gasteiger partial charge in [0.15, 0.2) is 0 Å². The highest BCUT2D eigenvalue weighted by atomic mass is 16.3. The van der Waals surface area contributed by atoms with Gasteiger partial charge in [0.25, 0.3) is 0 Å². The standard InChI is InChI=1S/C18H28O2/c1-18-9-8-14-13-5-3-12(19)10-11(13)2-4-15(14)16(18)6-7-17(18)20/h12,14-17,19-20H,2-10H2,1H3/t12?,14-,15-,16+,17+,18+/m1/s1. The summed E-state index contributed by atoms with van der Waals surface area (Å²) in [6.07, 6.45) is 10.2. The number of allylic oxidation sites excluding steroid dienone is 1. The Bertz CT molecular complexity index is 441. The summed E-state index contributed by atoms with van der Waals surface area (Å²) >= 11 is 0. The zero-order valence-corrected chi connectivity index (χ0v) is 12.6. The van der Waals surface area contributed by atoms with Gasteiger partial charge >= 0.3 is 0 Å². The highest BCUT2D eigenvalue weighted by Crippen LogP contribution is 2.61. The average molecular weight is 276 g/mol. The van der Waals surface area contributed by atoms with Crippen molar-refractivity contribution in [3.63, 3.8) is 0 Å². The van der Waals surface area contributed by atoms with Crippen LogP contribution in [0.25, 0.3) is 0 Å². The van der Waals surface area contributed by atoms with Gasteiger partial charge in [-0.25, -0.2) is 0 Å². The van der Waals surface area contributed by atoms with Crippen molar-refractivity contribution in [1.29, 1.82) is 0 Å². The number of aliphatic hydroxyl groups excluding tert-OH is 2. The van der Waals surface area contributed by atoms with Crippen LogP contribution in [0.5, 0.6) is 0 Å². The molecular formula is C18H28O2. The number of hydrogen-bond donors (Lipinski definition) is 2. The molecule has 0 radical (unpaired) electrons. The fraction of sp³-hybridized carbons (Fsp3) is 0.889. The molecule has 4 aliphatic carbocycles. The summed E-state index contributed by atoms with van der Waals surface area (Å²) in [5, 5.41) is 20.3. The molecule has 20 heavy (non-hydrogen) atoms. The van der Waals surface area contributed by atoms with Crippen molar-refractivity contribution in [2.24, 2.45) is 23.2 Å². The first kappa shape index (κ1) is 13.3. The molecule has 0 aliphatic heterocycles. The Morgan fingerprint density at radius 3 is 2.70 bits per heavy atom. The molecule has 2 saturated carbocycles. The number of rotatable bonds is 0. The fourth-order valence-electron chi connectivity index (χ4n) is 6.16. The Morgan fingerprint density at radius 2 is 1.85 bits per heavy atom. The quantitative estimate of drug-likeness (QED) is 0.666. The van der Waals surface area contributed by atoms with E-state index in [1.807, 2.05) is 0 Å². The van der Waals surface area contributed by atoms with Crippen molar-refractivity contribution in [3.05, 3.63) is 11.1 Å². The van der Waals surface area contributed by atoms with Gasteiger partial charge in [0, 0.05) is 0 Å². The second kappa shape index (κ2) is 4.58. The molecule has 4 aliphatic rings. The maximum absolute atomic E-state index is 10.4. The molecule has 0 heterocycles. The normalized spacial score (nSPS) is 51.5. The van der Waals surface area contributed by atoms with Crippen LogP contribution in [-0.4, -0.2) is 22.4 Å². The first-order valence-corrected chi connectivity index (χ1v) is 8.66. The molecule has 0 amide bonds. The summed E-state index contributed by atoms with van der Waals surface area (Å²) in [5.74, 6) is 2.35. The Hall–Kier alpha value is -0.340. The lowest BCUT2D eigenvalue weighted by molar-refractivity contribution is -0.0326. The first-order valence-electron chi connectivity index (χ1n) is 8.66. The Labute approximate surface area is 122 Å². The van der Waals surface area contributed by atoms with Crippen LogP contribution in [0.1, 0.15) is 64.7 Å². The summed E-state index contributed by atoms with van der Waals surface area (Å²) < 4.78 is 0. The van der Waals surface area contributed by atoms with Crippen molar-refractivity contribution in [1.82, 2.24) is 0 Å². The zero-order chi connectivity index (χ0) is 13.9. The van der Waals surface area contributed by atoms with Crippen LogP contribution in [0.4, 0.5) is 0 Å². The molecule has 2 nitrogen and oxygen atoms in total. The monoisotopic (exact) mass is 276 g/mol. The van der Waals surface area contributed by atoms with Gasteiger partial charge in [-0.3, -0.25) is 0 Å². The van der Waals surface area contributed by atoms with E-state index in [1.54, 1.807) is 11.1 Å². The van der Waals surface area contributed by atoms with Crippen molar-refractivity contribution in [2.75, 3.05) is 0 Å². The van der Waals surface area contributed by atoms with E-state index >= 15 is 0 Å². The van der Waals surface area contributed by atoms with Crippen molar-refractivity contribution >= 4 is 0 Å². The lowest BCUT2D eigenvalue weighted by atomic mass is 9.54. The average Bonchev–Trinajstić information content (AvgIpc) is 2.74. The Morgan fingerprint density at radius 1 is 1.00 bits per heavy atom. The third kappa shape index (κ3) is 1.77. The van der Waals surface area contributed by atoms with E-state index in [1.165, 1.54) is 32.1 Å². The molecule has 0 spiro atoms. The highest BCUT2D eigenvalue weighted by molar-refractivity contribution is 5.27. The number of aliphatic hydroxyl groups is 2. The predicted molar refractivity (Wildman–Crippen MR) is 79.2 cm³/mol. The summed E-state index contributed by atoms with van der Waals surface area (Å²) in [7, 11) is 0. The number of hydrogen-bond acceptors (Lipinski definition) is 2.